The molecule has 0 amide bonds. The largest absolute Gasteiger partial charge is 0.355 e. The summed E-state index contributed by atoms with van der Waals surface area (Å²) in [5.41, 5.74) is 1.78. The van der Waals surface area contributed by atoms with E-state index in [1.807, 2.05) is 47.0 Å². The topological polar surface area (TPSA) is 46.3 Å². The minimum Gasteiger partial charge on any atom is -0.355 e. The quantitative estimate of drug-likeness (QED) is 0.723. The van der Waals surface area contributed by atoms with Crippen molar-refractivity contribution in [3.05, 3.63) is 42.5 Å². The molecule has 0 saturated heterocycles. The molecule has 5 heteroatoms. The summed E-state index contributed by atoms with van der Waals surface area (Å²) < 4.78 is 1.82. The van der Waals surface area contributed by atoms with Crippen molar-refractivity contribution in [1.82, 2.24) is 19.8 Å². The summed E-state index contributed by atoms with van der Waals surface area (Å²) in [6.45, 7) is 4.41. The van der Waals surface area contributed by atoms with E-state index >= 15 is 0 Å². The highest BCUT2D eigenvalue weighted by Gasteiger charge is 2.15. The predicted molar refractivity (Wildman–Crippen MR) is 89.0 cm³/mol. The maximum atomic E-state index is 4.75. The SMILES string of the molecule is CCC(CC)N(C)c1ccc2nnc(-c3ccccc3)n2n1. The molecule has 2 aromatic heterocycles. The normalized spacial score (nSPS) is 11.3. The maximum absolute atomic E-state index is 4.75. The van der Waals surface area contributed by atoms with E-state index in [1.54, 1.807) is 0 Å². The number of hydrogen-bond donors (Lipinski definition) is 0. The molecule has 2 heterocycles. The van der Waals surface area contributed by atoms with Crippen molar-refractivity contribution in [1.29, 1.82) is 0 Å². The molecule has 5 nitrogen and oxygen atoms in total. The number of fused-ring (bicyclic) bond motifs is 1. The average Bonchev–Trinajstić information content (AvgIpc) is 2.99. The number of rotatable bonds is 5. The summed E-state index contributed by atoms with van der Waals surface area (Å²) in [4.78, 5) is 2.23. The third-order valence-electron chi connectivity index (χ3n) is 4.13. The summed E-state index contributed by atoms with van der Waals surface area (Å²) >= 11 is 0. The first-order chi connectivity index (χ1) is 10.7. The van der Waals surface area contributed by atoms with Gasteiger partial charge >= 0.3 is 0 Å². The molecular weight excluding hydrogens is 274 g/mol. The van der Waals surface area contributed by atoms with Crippen LogP contribution in [0.3, 0.4) is 0 Å². The molecule has 0 aliphatic heterocycles. The highest BCUT2D eigenvalue weighted by Crippen LogP contribution is 2.20. The summed E-state index contributed by atoms with van der Waals surface area (Å²) in [6, 6.07) is 14.5. The van der Waals surface area contributed by atoms with Gasteiger partial charge in [-0.1, -0.05) is 44.2 Å². The molecule has 0 aliphatic carbocycles. The lowest BCUT2D eigenvalue weighted by molar-refractivity contribution is 0.583. The van der Waals surface area contributed by atoms with Crippen molar-refractivity contribution in [3.8, 4) is 11.4 Å². The van der Waals surface area contributed by atoms with Crippen LogP contribution in [0.1, 0.15) is 26.7 Å². The van der Waals surface area contributed by atoms with Crippen LogP contribution in [-0.4, -0.2) is 32.9 Å². The molecule has 3 aromatic rings. The lowest BCUT2D eigenvalue weighted by Gasteiger charge is -2.27. The molecule has 1 aromatic carbocycles. The van der Waals surface area contributed by atoms with Crippen LogP contribution in [0.4, 0.5) is 5.82 Å². The van der Waals surface area contributed by atoms with E-state index in [0.717, 1.165) is 35.7 Å². The monoisotopic (exact) mass is 295 g/mol. The fraction of sp³-hybridized carbons (Fsp3) is 0.353. The maximum Gasteiger partial charge on any atom is 0.185 e. The number of aromatic nitrogens is 4. The zero-order chi connectivity index (χ0) is 15.5. The Morgan fingerprint density at radius 3 is 2.41 bits per heavy atom. The molecule has 3 rings (SSSR count). The van der Waals surface area contributed by atoms with Crippen molar-refractivity contribution in [3.63, 3.8) is 0 Å². The first-order valence-electron chi connectivity index (χ1n) is 7.75. The van der Waals surface area contributed by atoms with E-state index in [2.05, 4.69) is 36.0 Å². The van der Waals surface area contributed by atoms with Gasteiger partial charge in [0.05, 0.1) is 0 Å². The Kier molecular flexibility index (Phi) is 4.04. The lowest BCUT2D eigenvalue weighted by atomic mass is 10.1. The van der Waals surface area contributed by atoms with E-state index < -0.39 is 0 Å². The molecule has 0 radical (unpaired) electrons. The van der Waals surface area contributed by atoms with Crippen LogP contribution in [-0.2, 0) is 0 Å². The van der Waals surface area contributed by atoms with Crippen LogP contribution in [0.5, 0.6) is 0 Å². The zero-order valence-corrected chi connectivity index (χ0v) is 13.3. The van der Waals surface area contributed by atoms with Gasteiger partial charge in [0, 0.05) is 18.7 Å². The van der Waals surface area contributed by atoms with E-state index in [0.29, 0.717) is 6.04 Å². The Morgan fingerprint density at radius 2 is 1.73 bits per heavy atom. The van der Waals surface area contributed by atoms with Crippen molar-refractivity contribution < 1.29 is 0 Å². The fourth-order valence-corrected chi connectivity index (χ4v) is 2.76. The third-order valence-corrected chi connectivity index (χ3v) is 4.13. The summed E-state index contributed by atoms with van der Waals surface area (Å²) in [5, 5.41) is 13.2. The van der Waals surface area contributed by atoms with E-state index in [4.69, 9.17) is 5.10 Å². The number of hydrogen-bond acceptors (Lipinski definition) is 4. The first-order valence-corrected chi connectivity index (χ1v) is 7.75. The van der Waals surface area contributed by atoms with Crippen LogP contribution < -0.4 is 4.90 Å². The second kappa shape index (κ2) is 6.13. The summed E-state index contributed by atoms with van der Waals surface area (Å²) in [5.74, 6) is 1.72. The van der Waals surface area contributed by atoms with Crippen molar-refractivity contribution >= 4 is 11.5 Å². The highest BCUT2D eigenvalue weighted by atomic mass is 15.4. The Labute approximate surface area is 130 Å². The second-order valence-corrected chi connectivity index (χ2v) is 5.43. The van der Waals surface area contributed by atoms with Gasteiger partial charge in [0.2, 0.25) is 0 Å². The minimum absolute atomic E-state index is 0.488. The highest BCUT2D eigenvalue weighted by molar-refractivity contribution is 5.59. The van der Waals surface area contributed by atoms with E-state index in [9.17, 15) is 0 Å². The van der Waals surface area contributed by atoms with Crippen LogP contribution in [0.25, 0.3) is 17.0 Å². The van der Waals surface area contributed by atoms with Gasteiger partial charge in [-0.25, -0.2) is 0 Å². The van der Waals surface area contributed by atoms with Crippen molar-refractivity contribution in [2.75, 3.05) is 11.9 Å². The molecule has 0 atom stereocenters. The Balaban J connectivity index is 2.05. The van der Waals surface area contributed by atoms with Gasteiger partial charge in [-0.15, -0.1) is 15.3 Å². The van der Waals surface area contributed by atoms with Gasteiger partial charge in [-0.05, 0) is 25.0 Å². The van der Waals surface area contributed by atoms with Crippen LogP contribution in [0, 0.1) is 0 Å². The van der Waals surface area contributed by atoms with E-state index in [1.165, 1.54) is 0 Å². The van der Waals surface area contributed by atoms with Crippen LogP contribution in [0.2, 0.25) is 0 Å². The van der Waals surface area contributed by atoms with E-state index in [-0.39, 0.29) is 0 Å². The molecular formula is C17H21N5. The third kappa shape index (κ3) is 2.54. The smallest absolute Gasteiger partial charge is 0.185 e. The molecule has 0 saturated carbocycles. The predicted octanol–water partition coefficient (Wildman–Crippen LogP) is 3.42. The molecule has 0 fully saturated rings. The average molecular weight is 295 g/mol. The molecule has 0 unspecified atom stereocenters. The van der Waals surface area contributed by atoms with Gasteiger partial charge in [-0.2, -0.15) is 4.52 Å². The summed E-state index contributed by atoms with van der Waals surface area (Å²) in [6.07, 6.45) is 2.20. The molecule has 0 aliphatic rings. The number of nitrogens with zero attached hydrogens (tertiary/aromatic N) is 5. The van der Waals surface area contributed by atoms with Gasteiger partial charge in [0.25, 0.3) is 0 Å². The molecule has 0 spiro atoms. The second-order valence-electron chi connectivity index (χ2n) is 5.43. The lowest BCUT2D eigenvalue weighted by Crippen LogP contribution is -2.31. The number of benzene rings is 1. The number of anilines is 1. The molecule has 22 heavy (non-hydrogen) atoms. The van der Waals surface area contributed by atoms with Crippen molar-refractivity contribution in [2.24, 2.45) is 0 Å². The minimum atomic E-state index is 0.488. The Bertz CT molecular complexity index is 746. The summed E-state index contributed by atoms with van der Waals surface area (Å²) in [7, 11) is 2.10. The van der Waals surface area contributed by atoms with Gasteiger partial charge in [-0.3, -0.25) is 0 Å². The van der Waals surface area contributed by atoms with Gasteiger partial charge < -0.3 is 4.90 Å². The van der Waals surface area contributed by atoms with Crippen LogP contribution in [0.15, 0.2) is 42.5 Å². The first kappa shape index (κ1) is 14.5. The molecule has 114 valence electrons. The zero-order valence-electron chi connectivity index (χ0n) is 13.3. The van der Waals surface area contributed by atoms with Gasteiger partial charge in [0.15, 0.2) is 11.5 Å². The van der Waals surface area contributed by atoms with Crippen molar-refractivity contribution in [2.45, 2.75) is 32.7 Å². The molecule has 0 N–H and O–H groups in total. The fourth-order valence-electron chi connectivity index (χ4n) is 2.76. The standard InChI is InChI=1S/C17H21N5/c1-4-14(5-2)21(3)16-12-11-15-18-19-17(22(15)20-16)13-9-7-6-8-10-13/h6-12,14H,4-5H2,1-3H3. The van der Waals surface area contributed by atoms with Gasteiger partial charge in [0.1, 0.15) is 5.82 Å². The Hall–Kier alpha value is -2.43. The van der Waals surface area contributed by atoms with Crippen LogP contribution >= 0.6 is 0 Å². The Morgan fingerprint density at radius 1 is 1.00 bits per heavy atom. The molecule has 0 bridgehead atoms.